The lowest BCUT2D eigenvalue weighted by Gasteiger charge is -1.95. The zero-order valence-corrected chi connectivity index (χ0v) is 6.35. The van der Waals surface area contributed by atoms with E-state index in [-0.39, 0.29) is 5.02 Å². The Balaban J connectivity index is 3.16. The average molecular weight is 173 g/mol. The van der Waals surface area contributed by atoms with Gasteiger partial charge in [0, 0.05) is 5.56 Å². The first-order valence-corrected chi connectivity index (χ1v) is 3.31. The summed E-state index contributed by atoms with van der Waals surface area (Å²) in [5.41, 5.74) is 0.292. The molecule has 0 radical (unpaired) electrons. The van der Waals surface area contributed by atoms with Crippen molar-refractivity contribution in [1.29, 1.82) is 0 Å². The van der Waals surface area contributed by atoms with Gasteiger partial charge < -0.3 is 5.84 Å². The maximum Gasteiger partial charge on any atom is 0.150 e. The minimum atomic E-state index is -0.497. The molecule has 0 amide bonds. The van der Waals surface area contributed by atoms with Gasteiger partial charge in [-0.2, -0.15) is 5.10 Å². The molecule has 0 spiro atoms. The second-order valence-corrected chi connectivity index (χ2v) is 2.33. The molecule has 4 heteroatoms. The summed E-state index contributed by atoms with van der Waals surface area (Å²) in [4.78, 5) is 0. The predicted octanol–water partition coefficient (Wildman–Crippen LogP) is 1.77. The quantitative estimate of drug-likeness (QED) is 0.391. The van der Waals surface area contributed by atoms with Gasteiger partial charge in [0.25, 0.3) is 0 Å². The van der Waals surface area contributed by atoms with E-state index in [4.69, 9.17) is 17.4 Å². The van der Waals surface area contributed by atoms with E-state index in [1.165, 1.54) is 18.3 Å². The first-order valence-electron chi connectivity index (χ1n) is 2.93. The van der Waals surface area contributed by atoms with Crippen molar-refractivity contribution in [2.24, 2.45) is 10.9 Å². The summed E-state index contributed by atoms with van der Waals surface area (Å²) in [5, 5.41) is 3.26. The molecule has 0 atom stereocenters. The van der Waals surface area contributed by atoms with Gasteiger partial charge in [0.1, 0.15) is 0 Å². The summed E-state index contributed by atoms with van der Waals surface area (Å²) in [7, 11) is 0. The average Bonchev–Trinajstić information content (AvgIpc) is 1.99. The van der Waals surface area contributed by atoms with Gasteiger partial charge in [-0.1, -0.05) is 23.7 Å². The van der Waals surface area contributed by atoms with Gasteiger partial charge in [-0.25, -0.2) is 4.39 Å². The van der Waals surface area contributed by atoms with Gasteiger partial charge >= 0.3 is 0 Å². The Kier molecular flexibility index (Phi) is 2.44. The van der Waals surface area contributed by atoms with Crippen LogP contribution in [-0.4, -0.2) is 6.21 Å². The Morgan fingerprint density at radius 1 is 1.55 bits per heavy atom. The van der Waals surface area contributed by atoms with E-state index in [1.807, 2.05) is 0 Å². The number of rotatable bonds is 1. The van der Waals surface area contributed by atoms with Crippen molar-refractivity contribution in [3.05, 3.63) is 34.6 Å². The molecule has 11 heavy (non-hydrogen) atoms. The van der Waals surface area contributed by atoms with Crippen LogP contribution in [0.2, 0.25) is 5.02 Å². The standard InChI is InChI=1S/C7H6ClFN2/c8-6-3-1-2-5(4-11-10)7(6)9/h1-4H,10H2/b11-4+. The molecule has 0 saturated carbocycles. The molecule has 0 aromatic heterocycles. The summed E-state index contributed by atoms with van der Waals surface area (Å²) in [6, 6.07) is 4.63. The maximum absolute atomic E-state index is 12.9. The van der Waals surface area contributed by atoms with Crippen LogP contribution >= 0.6 is 11.6 Å². The van der Waals surface area contributed by atoms with Crippen LogP contribution in [0, 0.1) is 5.82 Å². The third-order valence-electron chi connectivity index (χ3n) is 1.20. The molecule has 0 fully saturated rings. The lowest BCUT2D eigenvalue weighted by Crippen LogP contribution is -1.91. The number of hydrogen-bond acceptors (Lipinski definition) is 2. The van der Waals surface area contributed by atoms with E-state index in [2.05, 4.69) is 5.10 Å². The van der Waals surface area contributed by atoms with Crippen molar-refractivity contribution >= 4 is 17.8 Å². The Morgan fingerprint density at radius 2 is 2.27 bits per heavy atom. The fourth-order valence-corrected chi connectivity index (χ4v) is 0.882. The van der Waals surface area contributed by atoms with Crippen LogP contribution in [0.25, 0.3) is 0 Å². The van der Waals surface area contributed by atoms with Crippen LogP contribution in [0.5, 0.6) is 0 Å². The summed E-state index contributed by atoms with van der Waals surface area (Å²) in [5.74, 6) is 4.34. The van der Waals surface area contributed by atoms with Crippen LogP contribution in [0.1, 0.15) is 5.56 Å². The molecule has 1 rings (SSSR count). The zero-order chi connectivity index (χ0) is 8.27. The number of nitrogens with two attached hydrogens (primary N) is 1. The number of halogens is 2. The van der Waals surface area contributed by atoms with E-state index >= 15 is 0 Å². The van der Waals surface area contributed by atoms with Gasteiger partial charge in [-0.3, -0.25) is 0 Å². The minimum Gasteiger partial charge on any atom is -0.323 e. The summed E-state index contributed by atoms with van der Waals surface area (Å²) < 4.78 is 12.9. The molecule has 0 unspecified atom stereocenters. The fourth-order valence-electron chi connectivity index (χ4n) is 0.700. The van der Waals surface area contributed by atoms with Crippen LogP contribution < -0.4 is 5.84 Å². The molecule has 0 aliphatic heterocycles. The van der Waals surface area contributed by atoms with Crippen molar-refractivity contribution in [3.8, 4) is 0 Å². The van der Waals surface area contributed by atoms with Gasteiger partial charge in [0.15, 0.2) is 5.82 Å². The highest BCUT2D eigenvalue weighted by molar-refractivity contribution is 6.31. The summed E-state index contributed by atoms with van der Waals surface area (Å²) in [6.07, 6.45) is 1.21. The molecule has 0 aliphatic carbocycles. The lowest BCUT2D eigenvalue weighted by molar-refractivity contribution is 0.626. The highest BCUT2D eigenvalue weighted by Crippen LogP contribution is 2.15. The molecule has 0 heterocycles. The molecular formula is C7H6ClFN2. The van der Waals surface area contributed by atoms with E-state index < -0.39 is 5.82 Å². The third-order valence-corrected chi connectivity index (χ3v) is 1.49. The van der Waals surface area contributed by atoms with Crippen molar-refractivity contribution in [1.82, 2.24) is 0 Å². The normalized spacial score (nSPS) is 10.7. The monoisotopic (exact) mass is 172 g/mol. The number of benzene rings is 1. The Bertz CT molecular complexity index is 286. The number of nitrogens with zero attached hydrogens (tertiary/aromatic N) is 1. The largest absolute Gasteiger partial charge is 0.323 e. The topological polar surface area (TPSA) is 38.4 Å². The fraction of sp³-hybridized carbons (Fsp3) is 0. The molecule has 58 valence electrons. The second-order valence-electron chi connectivity index (χ2n) is 1.92. The third kappa shape index (κ3) is 1.68. The van der Waals surface area contributed by atoms with Crippen molar-refractivity contribution in [3.63, 3.8) is 0 Å². The maximum atomic E-state index is 12.9. The van der Waals surface area contributed by atoms with Gasteiger partial charge in [-0.15, -0.1) is 0 Å². The smallest absolute Gasteiger partial charge is 0.150 e. The Morgan fingerprint density at radius 3 is 2.91 bits per heavy atom. The molecule has 1 aromatic carbocycles. The van der Waals surface area contributed by atoms with Gasteiger partial charge in [-0.05, 0) is 6.07 Å². The van der Waals surface area contributed by atoms with E-state index in [0.717, 1.165) is 0 Å². The molecule has 0 aliphatic rings. The second kappa shape index (κ2) is 3.34. The van der Waals surface area contributed by atoms with Crippen molar-refractivity contribution in [2.75, 3.05) is 0 Å². The van der Waals surface area contributed by atoms with Crippen LogP contribution in [0.4, 0.5) is 4.39 Å². The predicted molar refractivity (Wildman–Crippen MR) is 43.2 cm³/mol. The van der Waals surface area contributed by atoms with E-state index in [0.29, 0.717) is 5.56 Å². The van der Waals surface area contributed by atoms with Crippen LogP contribution in [-0.2, 0) is 0 Å². The van der Waals surface area contributed by atoms with Crippen LogP contribution in [0.15, 0.2) is 23.3 Å². The molecule has 2 N–H and O–H groups in total. The highest BCUT2D eigenvalue weighted by Gasteiger charge is 2.02. The molecule has 0 saturated heterocycles. The Labute approximate surface area is 68.5 Å². The van der Waals surface area contributed by atoms with Gasteiger partial charge in [0.2, 0.25) is 0 Å². The minimum absolute atomic E-state index is 0.0717. The summed E-state index contributed by atoms with van der Waals surface area (Å²) in [6.45, 7) is 0. The summed E-state index contributed by atoms with van der Waals surface area (Å²) >= 11 is 5.47. The number of hydrazone groups is 1. The first kappa shape index (κ1) is 8.01. The van der Waals surface area contributed by atoms with Crippen molar-refractivity contribution < 1.29 is 4.39 Å². The zero-order valence-electron chi connectivity index (χ0n) is 5.59. The molecule has 2 nitrogen and oxygen atoms in total. The highest BCUT2D eigenvalue weighted by atomic mass is 35.5. The first-order chi connectivity index (χ1) is 5.25. The lowest BCUT2D eigenvalue weighted by atomic mass is 10.2. The molecule has 0 bridgehead atoms. The molecule has 1 aromatic rings. The van der Waals surface area contributed by atoms with E-state index in [9.17, 15) is 4.39 Å². The number of hydrogen-bond donors (Lipinski definition) is 1. The SMILES string of the molecule is N/N=C/c1cccc(Cl)c1F. The molecular weight excluding hydrogens is 167 g/mol. The van der Waals surface area contributed by atoms with E-state index in [1.54, 1.807) is 6.07 Å². The van der Waals surface area contributed by atoms with Crippen molar-refractivity contribution in [2.45, 2.75) is 0 Å². The van der Waals surface area contributed by atoms with Crippen LogP contribution in [0.3, 0.4) is 0 Å². The van der Waals surface area contributed by atoms with Gasteiger partial charge in [0.05, 0.1) is 11.2 Å². The Hall–Kier alpha value is -1.09.